The van der Waals surface area contributed by atoms with Gasteiger partial charge in [0.2, 0.25) is 0 Å². The quantitative estimate of drug-likeness (QED) is 0.149. The molecule has 2 aliphatic carbocycles. The zero-order chi connectivity index (χ0) is 25.0. The average molecular weight is 490 g/mol. The fraction of sp³-hybridized carbons (Fsp3) is 0.731. The summed E-state index contributed by atoms with van der Waals surface area (Å²) < 4.78 is 10.9. The second-order valence-electron chi connectivity index (χ2n) is 9.36. The van der Waals surface area contributed by atoms with Gasteiger partial charge in [0.15, 0.2) is 0 Å². The van der Waals surface area contributed by atoms with Crippen molar-refractivity contribution in [2.24, 2.45) is 17.8 Å². The molecule has 0 radical (unpaired) electrons. The van der Waals surface area contributed by atoms with E-state index in [0.29, 0.717) is 74.7 Å². The molecule has 2 fully saturated rings. The van der Waals surface area contributed by atoms with Crippen LogP contribution in [0.4, 0.5) is 0 Å². The highest BCUT2D eigenvalue weighted by Crippen LogP contribution is 2.52. The molecule has 35 heavy (non-hydrogen) atoms. The van der Waals surface area contributed by atoms with E-state index >= 15 is 0 Å². The third kappa shape index (κ3) is 9.10. The van der Waals surface area contributed by atoms with E-state index in [2.05, 4.69) is 11.8 Å². The Morgan fingerprint density at radius 1 is 0.800 bits per heavy atom. The molecular formula is C26H35NO8. The zero-order valence-electron chi connectivity index (χ0n) is 20.3. The molecule has 1 heterocycles. The van der Waals surface area contributed by atoms with Crippen molar-refractivity contribution in [3.63, 3.8) is 0 Å². The predicted molar refractivity (Wildman–Crippen MR) is 123 cm³/mol. The number of amides is 2. The summed E-state index contributed by atoms with van der Waals surface area (Å²) in [6.45, 7) is 1.38. The minimum Gasteiger partial charge on any atom is -0.465 e. The normalized spacial score (nSPS) is 23.0. The number of ketones is 1. The molecule has 0 aromatic rings. The van der Waals surface area contributed by atoms with Crippen molar-refractivity contribution in [1.29, 1.82) is 0 Å². The van der Waals surface area contributed by atoms with Crippen LogP contribution in [0.5, 0.6) is 0 Å². The van der Waals surface area contributed by atoms with Crippen LogP contribution in [-0.2, 0) is 38.3 Å². The summed E-state index contributed by atoms with van der Waals surface area (Å²) in [5, 5.41) is 0.512. The third-order valence-corrected chi connectivity index (χ3v) is 6.73. The van der Waals surface area contributed by atoms with E-state index in [9.17, 15) is 24.0 Å². The average Bonchev–Trinajstić information content (AvgIpc) is 3.36. The van der Waals surface area contributed by atoms with Crippen LogP contribution in [0, 0.1) is 29.6 Å². The maximum Gasteiger partial charge on any atom is 0.333 e. The molecule has 0 N–H and O–H groups in total. The zero-order valence-corrected chi connectivity index (χ0v) is 20.3. The first-order chi connectivity index (χ1) is 17.0. The molecule has 2 atom stereocenters. The molecule has 0 bridgehead atoms. The number of esters is 1. The fourth-order valence-corrected chi connectivity index (χ4v) is 4.70. The van der Waals surface area contributed by atoms with Crippen LogP contribution in [0.25, 0.3) is 0 Å². The SMILES string of the molecule is O=C(CCCOCCCC(=O)OCC1C2CCC#CCCC21)CCCC(=O)ON1C(=O)CCC1=O. The molecular weight excluding hydrogens is 454 g/mol. The van der Waals surface area contributed by atoms with Crippen LogP contribution in [0.2, 0.25) is 0 Å². The van der Waals surface area contributed by atoms with Gasteiger partial charge in [-0.2, -0.15) is 0 Å². The summed E-state index contributed by atoms with van der Waals surface area (Å²) in [6.07, 6.45) is 6.55. The van der Waals surface area contributed by atoms with E-state index < -0.39 is 17.8 Å². The lowest BCUT2D eigenvalue weighted by Crippen LogP contribution is -2.32. The Balaban J connectivity index is 1.11. The summed E-state index contributed by atoms with van der Waals surface area (Å²) in [4.78, 5) is 63.1. The van der Waals surface area contributed by atoms with Crippen LogP contribution >= 0.6 is 0 Å². The van der Waals surface area contributed by atoms with Gasteiger partial charge < -0.3 is 14.3 Å². The minimum atomic E-state index is -0.695. The van der Waals surface area contributed by atoms with Gasteiger partial charge >= 0.3 is 11.9 Å². The maximum atomic E-state index is 12.0. The van der Waals surface area contributed by atoms with Crippen molar-refractivity contribution in [2.45, 2.75) is 83.5 Å². The maximum absolute atomic E-state index is 12.0. The van der Waals surface area contributed by atoms with Gasteiger partial charge in [-0.05, 0) is 49.9 Å². The molecule has 3 aliphatic rings. The molecule has 2 unspecified atom stereocenters. The van der Waals surface area contributed by atoms with Crippen LogP contribution in [0.1, 0.15) is 83.5 Å². The number of hydroxylamine groups is 2. The smallest absolute Gasteiger partial charge is 0.333 e. The summed E-state index contributed by atoms with van der Waals surface area (Å²) in [7, 11) is 0. The van der Waals surface area contributed by atoms with Crippen molar-refractivity contribution in [1.82, 2.24) is 5.06 Å². The fourth-order valence-electron chi connectivity index (χ4n) is 4.70. The minimum absolute atomic E-state index is 0.0110. The molecule has 3 rings (SSSR count). The topological polar surface area (TPSA) is 116 Å². The number of hydrogen-bond acceptors (Lipinski definition) is 8. The van der Waals surface area contributed by atoms with E-state index in [1.807, 2.05) is 0 Å². The highest BCUT2D eigenvalue weighted by atomic mass is 16.7. The first-order valence-corrected chi connectivity index (χ1v) is 12.7. The second kappa shape index (κ2) is 14.0. The lowest BCUT2D eigenvalue weighted by atomic mass is 10.1. The van der Waals surface area contributed by atoms with Crippen LogP contribution in [-0.4, -0.2) is 54.4 Å². The molecule has 9 nitrogen and oxygen atoms in total. The van der Waals surface area contributed by atoms with Crippen molar-refractivity contribution in [3.8, 4) is 11.8 Å². The Morgan fingerprint density at radius 3 is 2.03 bits per heavy atom. The largest absolute Gasteiger partial charge is 0.465 e. The van der Waals surface area contributed by atoms with Gasteiger partial charge in [-0.15, -0.1) is 16.9 Å². The van der Waals surface area contributed by atoms with Crippen LogP contribution in [0.3, 0.4) is 0 Å². The van der Waals surface area contributed by atoms with Gasteiger partial charge in [-0.25, -0.2) is 4.79 Å². The Morgan fingerprint density at radius 2 is 1.37 bits per heavy atom. The van der Waals surface area contributed by atoms with Gasteiger partial charge in [0.05, 0.1) is 6.61 Å². The van der Waals surface area contributed by atoms with E-state index in [1.54, 1.807) is 0 Å². The summed E-state index contributed by atoms with van der Waals surface area (Å²) in [6, 6.07) is 0. The lowest BCUT2D eigenvalue weighted by Gasteiger charge is -2.12. The summed E-state index contributed by atoms with van der Waals surface area (Å²) >= 11 is 0. The molecule has 1 saturated heterocycles. The monoisotopic (exact) mass is 489 g/mol. The van der Waals surface area contributed by atoms with E-state index in [4.69, 9.17) is 14.3 Å². The molecule has 9 heteroatoms. The Bertz CT molecular complexity index is 823. The Kier molecular flexibility index (Phi) is 10.7. The number of imide groups is 1. The van der Waals surface area contributed by atoms with Gasteiger partial charge in [0, 0.05) is 64.6 Å². The number of Topliss-reactive ketones (excluding diaryl/α,β-unsaturated/α-hetero) is 1. The predicted octanol–water partition coefficient (Wildman–Crippen LogP) is 2.89. The molecule has 192 valence electrons. The van der Waals surface area contributed by atoms with Gasteiger partial charge in [-0.3, -0.25) is 19.2 Å². The molecule has 0 aromatic carbocycles. The number of nitrogens with zero attached hydrogens (tertiary/aromatic N) is 1. The summed E-state index contributed by atoms with van der Waals surface area (Å²) in [5.41, 5.74) is 0. The number of ether oxygens (including phenoxy) is 2. The molecule has 0 aromatic heterocycles. The van der Waals surface area contributed by atoms with Gasteiger partial charge in [0.25, 0.3) is 11.8 Å². The Labute approximate surface area is 206 Å². The van der Waals surface area contributed by atoms with Gasteiger partial charge in [0.1, 0.15) is 5.78 Å². The van der Waals surface area contributed by atoms with E-state index in [1.165, 1.54) is 0 Å². The molecule has 2 amide bonds. The second-order valence-corrected chi connectivity index (χ2v) is 9.36. The van der Waals surface area contributed by atoms with Crippen LogP contribution in [0.15, 0.2) is 0 Å². The number of fused-ring (bicyclic) bond motifs is 1. The number of carbonyl (C=O) groups is 5. The Hall–Kier alpha value is -2.73. The van der Waals surface area contributed by atoms with E-state index in [-0.39, 0.29) is 37.4 Å². The van der Waals surface area contributed by atoms with Crippen molar-refractivity contribution >= 4 is 29.5 Å². The van der Waals surface area contributed by atoms with Crippen molar-refractivity contribution in [3.05, 3.63) is 0 Å². The van der Waals surface area contributed by atoms with Gasteiger partial charge in [-0.1, -0.05) is 0 Å². The molecule has 1 aliphatic heterocycles. The van der Waals surface area contributed by atoms with E-state index in [0.717, 1.165) is 25.7 Å². The molecule has 0 spiro atoms. The number of hydrogen-bond donors (Lipinski definition) is 0. The standard InChI is InChI=1S/C26H35NO8/c28-19(8-5-12-26(32)35-27-23(29)14-15-24(27)30)9-6-16-33-17-7-13-25(31)34-18-22-20-10-3-1-2-4-11-21(20)22/h20-22H,3-18H2. The van der Waals surface area contributed by atoms with Crippen LogP contribution < -0.4 is 0 Å². The van der Waals surface area contributed by atoms with Crippen molar-refractivity contribution < 1.29 is 38.3 Å². The first kappa shape index (κ1) is 26.9. The lowest BCUT2D eigenvalue weighted by molar-refractivity contribution is -0.197. The third-order valence-electron chi connectivity index (χ3n) is 6.73. The summed E-state index contributed by atoms with van der Waals surface area (Å²) in [5.74, 6) is 6.30. The first-order valence-electron chi connectivity index (χ1n) is 12.7. The number of rotatable bonds is 15. The number of carbonyl (C=O) groups excluding carboxylic acids is 5. The van der Waals surface area contributed by atoms with Crippen molar-refractivity contribution in [2.75, 3.05) is 19.8 Å². The highest BCUT2D eigenvalue weighted by Gasteiger charge is 2.49. The molecule has 1 saturated carbocycles. The highest BCUT2D eigenvalue weighted by molar-refractivity contribution is 6.01.